The summed E-state index contributed by atoms with van der Waals surface area (Å²) in [5.74, 6) is -0.187. The summed E-state index contributed by atoms with van der Waals surface area (Å²) in [7, 11) is 0. The monoisotopic (exact) mass is 306 g/mol. The zero-order valence-electron chi connectivity index (χ0n) is 13.4. The quantitative estimate of drug-likeness (QED) is 0.806. The molecule has 116 valence electrons. The molecule has 3 rings (SSSR count). The Labute approximate surface area is 135 Å². The van der Waals surface area contributed by atoms with Crippen LogP contribution in [0.15, 0.2) is 48.8 Å². The lowest BCUT2D eigenvalue weighted by Crippen LogP contribution is -2.13. The third-order valence-corrected chi connectivity index (χ3v) is 3.73. The largest absolute Gasteiger partial charge is 0.319 e. The maximum atomic E-state index is 12.3. The van der Waals surface area contributed by atoms with Crippen LogP contribution in [0.25, 0.3) is 5.69 Å². The summed E-state index contributed by atoms with van der Waals surface area (Å²) in [6.07, 6.45) is 3.19. The number of benzene rings is 1. The number of aromatic nitrogens is 3. The average Bonchev–Trinajstić information content (AvgIpc) is 2.84. The number of anilines is 1. The minimum Gasteiger partial charge on any atom is -0.319 e. The Hall–Kier alpha value is -2.95. The first-order valence-corrected chi connectivity index (χ1v) is 7.41. The number of hydrogen-bond donors (Lipinski definition) is 1. The topological polar surface area (TPSA) is 59.8 Å². The minimum atomic E-state index is -0.187. The van der Waals surface area contributed by atoms with Crippen molar-refractivity contribution >= 4 is 11.6 Å². The molecule has 5 heteroatoms. The summed E-state index contributed by atoms with van der Waals surface area (Å²) in [5, 5.41) is 7.48. The molecule has 2 heterocycles. The highest BCUT2D eigenvalue weighted by Gasteiger charge is 2.16. The lowest BCUT2D eigenvalue weighted by Gasteiger charge is -2.07. The van der Waals surface area contributed by atoms with Crippen LogP contribution in [0.3, 0.4) is 0 Å². The zero-order chi connectivity index (χ0) is 16.4. The predicted octanol–water partition coefficient (Wildman–Crippen LogP) is 3.44. The van der Waals surface area contributed by atoms with Gasteiger partial charge in [-0.1, -0.05) is 17.7 Å². The van der Waals surface area contributed by atoms with Crippen molar-refractivity contribution in [2.24, 2.45) is 0 Å². The van der Waals surface area contributed by atoms with Gasteiger partial charge < -0.3 is 5.32 Å². The van der Waals surface area contributed by atoms with Crippen molar-refractivity contribution in [3.8, 4) is 5.69 Å². The summed E-state index contributed by atoms with van der Waals surface area (Å²) in [5.41, 5.74) is 5.09. The van der Waals surface area contributed by atoms with Crippen LogP contribution in [0.1, 0.15) is 27.3 Å². The van der Waals surface area contributed by atoms with Gasteiger partial charge in [-0.25, -0.2) is 4.68 Å². The van der Waals surface area contributed by atoms with E-state index in [2.05, 4.69) is 15.4 Å². The number of carbonyl (C=O) groups excluding carboxylic acids is 1. The first-order valence-electron chi connectivity index (χ1n) is 7.41. The van der Waals surface area contributed by atoms with Crippen LogP contribution in [0, 0.1) is 20.8 Å². The van der Waals surface area contributed by atoms with Crippen molar-refractivity contribution in [1.82, 2.24) is 14.8 Å². The summed E-state index contributed by atoms with van der Waals surface area (Å²) < 4.78 is 1.84. The van der Waals surface area contributed by atoms with Crippen LogP contribution in [0.2, 0.25) is 0 Å². The third kappa shape index (κ3) is 2.99. The highest BCUT2D eigenvalue weighted by molar-refractivity contribution is 6.04. The van der Waals surface area contributed by atoms with Crippen molar-refractivity contribution in [3.05, 3.63) is 71.3 Å². The Morgan fingerprint density at radius 3 is 2.48 bits per heavy atom. The molecule has 23 heavy (non-hydrogen) atoms. The van der Waals surface area contributed by atoms with Gasteiger partial charge in [0.05, 0.1) is 28.3 Å². The van der Waals surface area contributed by atoms with Gasteiger partial charge in [0.25, 0.3) is 5.91 Å². The molecule has 2 aromatic heterocycles. The second kappa shape index (κ2) is 6.04. The molecule has 0 aliphatic carbocycles. The van der Waals surface area contributed by atoms with Gasteiger partial charge >= 0.3 is 0 Å². The molecule has 5 nitrogen and oxygen atoms in total. The second-order valence-corrected chi connectivity index (χ2v) is 5.49. The number of hydrogen-bond acceptors (Lipinski definition) is 3. The van der Waals surface area contributed by atoms with Crippen molar-refractivity contribution < 1.29 is 4.79 Å². The molecule has 1 aromatic carbocycles. The van der Waals surface area contributed by atoms with Crippen LogP contribution in [0.4, 0.5) is 5.69 Å². The fourth-order valence-corrected chi connectivity index (χ4v) is 2.44. The van der Waals surface area contributed by atoms with Gasteiger partial charge in [-0.3, -0.25) is 9.78 Å². The predicted molar refractivity (Wildman–Crippen MR) is 90.0 cm³/mol. The van der Waals surface area contributed by atoms with Gasteiger partial charge in [-0.05, 0) is 45.0 Å². The Morgan fingerprint density at radius 1 is 1.09 bits per heavy atom. The Kier molecular flexibility index (Phi) is 3.93. The molecule has 0 bridgehead atoms. The van der Waals surface area contributed by atoms with E-state index in [0.717, 1.165) is 22.8 Å². The highest BCUT2D eigenvalue weighted by Crippen LogP contribution is 2.23. The number of carbonyl (C=O) groups is 1. The van der Waals surface area contributed by atoms with E-state index in [9.17, 15) is 4.79 Å². The van der Waals surface area contributed by atoms with Gasteiger partial charge in [-0.2, -0.15) is 5.10 Å². The Balaban J connectivity index is 1.92. The standard InChI is InChI=1S/C18H18N4O/c1-12-6-8-16(9-7-12)22-14(3)17(13(2)21-22)20-18(23)15-5-4-10-19-11-15/h4-11H,1-3H3,(H,20,23). The molecule has 0 saturated carbocycles. The van der Waals surface area contributed by atoms with Gasteiger partial charge in [0.2, 0.25) is 0 Å². The molecule has 0 aliphatic rings. The first-order chi connectivity index (χ1) is 11.1. The Bertz CT molecular complexity index is 835. The molecule has 0 fully saturated rings. The third-order valence-electron chi connectivity index (χ3n) is 3.73. The van der Waals surface area contributed by atoms with Gasteiger partial charge in [-0.15, -0.1) is 0 Å². The van der Waals surface area contributed by atoms with Gasteiger partial charge in [0.1, 0.15) is 0 Å². The Morgan fingerprint density at radius 2 is 1.83 bits per heavy atom. The summed E-state index contributed by atoms with van der Waals surface area (Å²) in [4.78, 5) is 16.3. The molecule has 1 amide bonds. The summed E-state index contributed by atoms with van der Waals surface area (Å²) >= 11 is 0. The van der Waals surface area contributed by atoms with Crippen molar-refractivity contribution in [2.45, 2.75) is 20.8 Å². The van der Waals surface area contributed by atoms with E-state index in [1.165, 1.54) is 5.56 Å². The summed E-state index contributed by atoms with van der Waals surface area (Å²) in [6.45, 7) is 5.87. The summed E-state index contributed by atoms with van der Waals surface area (Å²) in [6, 6.07) is 11.6. The number of nitrogens with zero attached hydrogens (tertiary/aromatic N) is 3. The molecule has 0 saturated heterocycles. The first kappa shape index (κ1) is 15.0. The van der Waals surface area contributed by atoms with Crippen LogP contribution >= 0.6 is 0 Å². The number of nitrogens with one attached hydrogen (secondary N) is 1. The van der Waals surface area contributed by atoms with E-state index < -0.39 is 0 Å². The van der Waals surface area contributed by atoms with E-state index in [4.69, 9.17) is 0 Å². The smallest absolute Gasteiger partial charge is 0.257 e. The number of pyridine rings is 1. The van der Waals surface area contributed by atoms with E-state index in [1.54, 1.807) is 24.5 Å². The van der Waals surface area contributed by atoms with Crippen molar-refractivity contribution in [2.75, 3.05) is 5.32 Å². The van der Waals surface area contributed by atoms with E-state index in [1.807, 2.05) is 49.7 Å². The number of rotatable bonds is 3. The average molecular weight is 306 g/mol. The molecule has 0 unspecified atom stereocenters. The van der Waals surface area contributed by atoms with Gasteiger partial charge in [0, 0.05) is 12.4 Å². The zero-order valence-corrected chi connectivity index (χ0v) is 13.4. The van der Waals surface area contributed by atoms with Crippen molar-refractivity contribution in [3.63, 3.8) is 0 Å². The molecule has 0 aliphatic heterocycles. The maximum absolute atomic E-state index is 12.3. The molecule has 0 spiro atoms. The van der Waals surface area contributed by atoms with Crippen LogP contribution in [0.5, 0.6) is 0 Å². The molecule has 0 atom stereocenters. The van der Waals surface area contributed by atoms with E-state index in [0.29, 0.717) is 5.56 Å². The molecular weight excluding hydrogens is 288 g/mol. The molecule has 3 aromatic rings. The number of amides is 1. The fourth-order valence-electron chi connectivity index (χ4n) is 2.44. The molecule has 1 N–H and O–H groups in total. The molecule has 0 radical (unpaired) electrons. The second-order valence-electron chi connectivity index (χ2n) is 5.49. The maximum Gasteiger partial charge on any atom is 0.257 e. The number of aryl methyl sites for hydroxylation is 2. The van der Waals surface area contributed by atoms with Gasteiger partial charge in [0.15, 0.2) is 0 Å². The van der Waals surface area contributed by atoms with E-state index in [-0.39, 0.29) is 5.91 Å². The minimum absolute atomic E-state index is 0.187. The molecular formula is C18H18N4O. The SMILES string of the molecule is Cc1ccc(-n2nc(C)c(NC(=O)c3cccnc3)c2C)cc1. The lowest BCUT2D eigenvalue weighted by atomic mass is 10.2. The normalized spacial score (nSPS) is 10.6. The van der Waals surface area contributed by atoms with Crippen LogP contribution in [-0.4, -0.2) is 20.7 Å². The van der Waals surface area contributed by atoms with Crippen LogP contribution in [-0.2, 0) is 0 Å². The van der Waals surface area contributed by atoms with Crippen LogP contribution < -0.4 is 5.32 Å². The lowest BCUT2D eigenvalue weighted by molar-refractivity contribution is 0.102. The highest BCUT2D eigenvalue weighted by atomic mass is 16.1. The fraction of sp³-hybridized carbons (Fsp3) is 0.167. The van der Waals surface area contributed by atoms with E-state index >= 15 is 0 Å². The van der Waals surface area contributed by atoms with Crippen molar-refractivity contribution in [1.29, 1.82) is 0 Å².